The first-order valence-corrected chi connectivity index (χ1v) is 8.67. The number of likely N-dealkylation sites (tertiary alicyclic amines) is 1. The molecule has 1 fully saturated rings. The number of nitrogens with zero attached hydrogens (tertiary/aromatic N) is 3. The minimum absolute atomic E-state index is 0.497. The van der Waals surface area contributed by atoms with Crippen LogP contribution in [-0.2, 0) is 6.54 Å². The van der Waals surface area contributed by atoms with Crippen LogP contribution in [0.15, 0.2) is 12.3 Å². The van der Waals surface area contributed by atoms with Crippen molar-refractivity contribution in [1.29, 1.82) is 0 Å². The van der Waals surface area contributed by atoms with E-state index in [0.717, 1.165) is 19.5 Å². The Morgan fingerprint density at radius 3 is 2.86 bits per heavy atom. The van der Waals surface area contributed by atoms with E-state index in [0.29, 0.717) is 18.1 Å². The van der Waals surface area contributed by atoms with Crippen LogP contribution >= 0.6 is 0 Å². The van der Waals surface area contributed by atoms with Crippen LogP contribution in [-0.4, -0.2) is 39.9 Å². The summed E-state index contributed by atoms with van der Waals surface area (Å²) in [5.41, 5.74) is 1.21. The third kappa shape index (κ3) is 4.30. The van der Waals surface area contributed by atoms with Gasteiger partial charge in [0.2, 0.25) is 0 Å². The maximum absolute atomic E-state index is 4.77. The third-order valence-electron chi connectivity index (χ3n) is 4.84. The molecule has 1 aliphatic heterocycles. The van der Waals surface area contributed by atoms with Crippen LogP contribution in [0.25, 0.3) is 0 Å². The molecule has 1 saturated heterocycles. The smallest absolute Gasteiger partial charge is 0.0765 e. The maximum Gasteiger partial charge on any atom is 0.0765 e. The zero-order chi connectivity index (χ0) is 15.2. The molecule has 21 heavy (non-hydrogen) atoms. The Kier molecular flexibility index (Phi) is 6.24. The van der Waals surface area contributed by atoms with Crippen molar-refractivity contribution in [2.75, 3.05) is 13.1 Å². The molecule has 0 aliphatic carbocycles. The van der Waals surface area contributed by atoms with Gasteiger partial charge in [-0.3, -0.25) is 9.58 Å². The minimum Gasteiger partial charge on any atom is -0.313 e. The molecule has 3 unspecified atom stereocenters. The lowest BCUT2D eigenvalue weighted by Gasteiger charge is -2.39. The summed E-state index contributed by atoms with van der Waals surface area (Å²) in [5, 5.41) is 8.37. The van der Waals surface area contributed by atoms with Gasteiger partial charge in [0.25, 0.3) is 0 Å². The van der Waals surface area contributed by atoms with Crippen LogP contribution in [0.3, 0.4) is 0 Å². The number of likely N-dealkylation sites (N-methyl/N-ethyl adjacent to an activating group) is 1. The summed E-state index contributed by atoms with van der Waals surface area (Å²) in [6, 6.07) is 3.89. The molecule has 4 heteroatoms. The zero-order valence-electron chi connectivity index (χ0n) is 14.2. The van der Waals surface area contributed by atoms with Crippen molar-refractivity contribution >= 4 is 0 Å². The van der Waals surface area contributed by atoms with Gasteiger partial charge in [0, 0.05) is 30.9 Å². The fraction of sp³-hybridized carbons (Fsp3) is 0.824. The van der Waals surface area contributed by atoms with Gasteiger partial charge in [-0.1, -0.05) is 20.3 Å². The minimum atomic E-state index is 0.497. The van der Waals surface area contributed by atoms with E-state index in [1.54, 1.807) is 0 Å². The Morgan fingerprint density at radius 2 is 2.14 bits per heavy atom. The summed E-state index contributed by atoms with van der Waals surface area (Å²) < 4.78 is 2.11. The first kappa shape index (κ1) is 16.5. The second-order valence-corrected chi connectivity index (χ2v) is 6.42. The second kappa shape index (κ2) is 7.95. The highest BCUT2D eigenvalue weighted by molar-refractivity contribution is 5.01. The molecule has 4 nitrogen and oxygen atoms in total. The van der Waals surface area contributed by atoms with E-state index in [2.05, 4.69) is 54.9 Å². The van der Waals surface area contributed by atoms with Crippen LogP contribution in [0.1, 0.15) is 65.1 Å². The molecule has 120 valence electrons. The molecule has 2 heterocycles. The number of hydrogen-bond acceptors (Lipinski definition) is 3. The lowest BCUT2D eigenvalue weighted by molar-refractivity contribution is 0.110. The fourth-order valence-electron chi connectivity index (χ4n) is 3.34. The monoisotopic (exact) mass is 292 g/mol. The number of piperidine rings is 1. The molecule has 2 rings (SSSR count). The summed E-state index contributed by atoms with van der Waals surface area (Å²) in [4.78, 5) is 2.63. The zero-order valence-corrected chi connectivity index (χ0v) is 14.2. The summed E-state index contributed by atoms with van der Waals surface area (Å²) in [5.74, 6) is 0. The molecule has 1 aromatic rings. The fourth-order valence-corrected chi connectivity index (χ4v) is 3.34. The maximum atomic E-state index is 4.77. The average Bonchev–Trinajstić information content (AvgIpc) is 2.96. The first-order valence-electron chi connectivity index (χ1n) is 8.67. The molecule has 1 aromatic heterocycles. The SMILES string of the molecule is CCNC(C)C1CCCCN1Cc1ccn(C(C)CC)n1. The second-order valence-electron chi connectivity index (χ2n) is 6.42. The van der Waals surface area contributed by atoms with Gasteiger partial charge in [0.05, 0.1) is 5.69 Å². The van der Waals surface area contributed by atoms with Crippen LogP contribution in [0.5, 0.6) is 0 Å². The molecule has 0 spiro atoms. The molecule has 1 N–H and O–H groups in total. The highest BCUT2D eigenvalue weighted by Crippen LogP contribution is 2.22. The van der Waals surface area contributed by atoms with Gasteiger partial charge < -0.3 is 5.32 Å². The normalized spacial score (nSPS) is 23.1. The number of nitrogens with one attached hydrogen (secondary N) is 1. The molecule has 1 aliphatic rings. The highest BCUT2D eigenvalue weighted by atomic mass is 15.3. The Hall–Kier alpha value is -0.870. The quantitative estimate of drug-likeness (QED) is 0.838. The van der Waals surface area contributed by atoms with E-state index >= 15 is 0 Å². The van der Waals surface area contributed by atoms with Gasteiger partial charge in [-0.2, -0.15) is 5.10 Å². The third-order valence-corrected chi connectivity index (χ3v) is 4.84. The molecular weight excluding hydrogens is 260 g/mol. The van der Waals surface area contributed by atoms with Gasteiger partial charge in [-0.05, 0) is 52.3 Å². The van der Waals surface area contributed by atoms with Gasteiger partial charge in [-0.15, -0.1) is 0 Å². The van der Waals surface area contributed by atoms with E-state index in [1.807, 2.05) is 0 Å². The Bertz CT molecular complexity index is 415. The Morgan fingerprint density at radius 1 is 1.33 bits per heavy atom. The summed E-state index contributed by atoms with van der Waals surface area (Å²) in [7, 11) is 0. The van der Waals surface area contributed by atoms with Crippen molar-refractivity contribution < 1.29 is 0 Å². The molecule has 0 saturated carbocycles. The van der Waals surface area contributed by atoms with Crippen molar-refractivity contribution in [2.45, 2.75) is 78.0 Å². The van der Waals surface area contributed by atoms with Crippen molar-refractivity contribution in [3.8, 4) is 0 Å². The van der Waals surface area contributed by atoms with E-state index in [-0.39, 0.29) is 0 Å². The van der Waals surface area contributed by atoms with Gasteiger partial charge in [0.15, 0.2) is 0 Å². The van der Waals surface area contributed by atoms with E-state index < -0.39 is 0 Å². The van der Waals surface area contributed by atoms with Gasteiger partial charge >= 0.3 is 0 Å². The largest absolute Gasteiger partial charge is 0.313 e. The lowest BCUT2D eigenvalue weighted by Crippen LogP contribution is -2.50. The lowest BCUT2D eigenvalue weighted by atomic mass is 9.96. The van der Waals surface area contributed by atoms with Gasteiger partial charge in [0.1, 0.15) is 0 Å². The van der Waals surface area contributed by atoms with Crippen molar-refractivity contribution in [1.82, 2.24) is 20.0 Å². The van der Waals surface area contributed by atoms with Crippen molar-refractivity contribution in [2.24, 2.45) is 0 Å². The van der Waals surface area contributed by atoms with E-state index in [1.165, 1.54) is 31.5 Å². The number of hydrogen-bond donors (Lipinski definition) is 1. The Balaban J connectivity index is 2.00. The van der Waals surface area contributed by atoms with Crippen molar-refractivity contribution in [3.63, 3.8) is 0 Å². The predicted molar refractivity (Wildman–Crippen MR) is 88.4 cm³/mol. The average molecular weight is 292 g/mol. The standard InChI is InChI=1S/C17H32N4/c1-5-14(3)21-12-10-16(19-21)13-20-11-8-7-9-17(20)15(4)18-6-2/h10,12,14-15,17-18H,5-9,11,13H2,1-4H3. The van der Waals surface area contributed by atoms with Crippen LogP contribution in [0, 0.1) is 0 Å². The van der Waals surface area contributed by atoms with Crippen molar-refractivity contribution in [3.05, 3.63) is 18.0 Å². The van der Waals surface area contributed by atoms with E-state index in [4.69, 9.17) is 5.10 Å². The van der Waals surface area contributed by atoms with E-state index in [9.17, 15) is 0 Å². The first-order chi connectivity index (χ1) is 10.2. The Labute approximate surface area is 129 Å². The molecule has 3 atom stereocenters. The van der Waals surface area contributed by atoms with Gasteiger partial charge in [-0.25, -0.2) is 0 Å². The summed E-state index contributed by atoms with van der Waals surface area (Å²) in [6.45, 7) is 12.2. The number of rotatable bonds is 7. The molecular formula is C17H32N4. The molecule has 0 radical (unpaired) electrons. The highest BCUT2D eigenvalue weighted by Gasteiger charge is 2.27. The van der Waals surface area contributed by atoms with Crippen LogP contribution in [0.4, 0.5) is 0 Å². The topological polar surface area (TPSA) is 33.1 Å². The molecule has 0 bridgehead atoms. The molecule has 0 amide bonds. The summed E-state index contributed by atoms with van der Waals surface area (Å²) in [6.07, 6.45) is 7.25. The predicted octanol–water partition coefficient (Wildman–Crippen LogP) is 3.21. The van der Waals surface area contributed by atoms with Crippen LogP contribution < -0.4 is 5.32 Å². The number of aromatic nitrogens is 2. The summed E-state index contributed by atoms with van der Waals surface area (Å²) >= 11 is 0. The van der Waals surface area contributed by atoms with Crippen LogP contribution in [0.2, 0.25) is 0 Å². The molecule has 0 aromatic carbocycles.